The van der Waals surface area contributed by atoms with E-state index >= 15 is 0 Å². The number of alkyl carbamates (subject to hydrolysis) is 1. The van der Waals surface area contributed by atoms with Gasteiger partial charge in [0.1, 0.15) is 23.3 Å². The van der Waals surface area contributed by atoms with E-state index in [1.807, 2.05) is 63.2 Å². The van der Waals surface area contributed by atoms with Crippen LogP contribution in [0.1, 0.15) is 56.9 Å². The van der Waals surface area contributed by atoms with Crippen LogP contribution in [0, 0.1) is 0 Å². The first-order valence-electron chi connectivity index (χ1n) is 12.0. The van der Waals surface area contributed by atoms with Crippen molar-refractivity contribution in [1.82, 2.24) is 20.0 Å². The van der Waals surface area contributed by atoms with Gasteiger partial charge in [-0.15, -0.1) is 0 Å². The first kappa shape index (κ1) is 23.0. The van der Waals surface area contributed by atoms with Crippen LogP contribution in [0.5, 0.6) is 0 Å². The van der Waals surface area contributed by atoms with Crippen LogP contribution in [0.15, 0.2) is 59.3 Å². The summed E-state index contributed by atoms with van der Waals surface area (Å²) < 4.78 is 12.6. The maximum Gasteiger partial charge on any atom is 0.407 e. The number of imidazole rings is 1. The molecule has 5 rings (SSSR count). The second-order valence-corrected chi connectivity index (χ2v) is 10.0. The maximum atomic E-state index is 13.6. The van der Waals surface area contributed by atoms with E-state index in [1.54, 1.807) is 10.6 Å². The third kappa shape index (κ3) is 4.87. The largest absolute Gasteiger partial charge is 0.444 e. The van der Waals surface area contributed by atoms with Gasteiger partial charge in [-0.05, 0) is 50.5 Å². The SMILES string of the molecule is CC(C)(C)OC(=O)N[C@@H]1CCCC[C@H]1NC(=O)c1c(-c2ccc3ccccc3c2)nc2occn12. The van der Waals surface area contributed by atoms with E-state index in [0.29, 0.717) is 17.2 Å². The van der Waals surface area contributed by atoms with Crippen molar-refractivity contribution < 1.29 is 18.7 Å². The fourth-order valence-electron chi connectivity index (χ4n) is 4.71. The summed E-state index contributed by atoms with van der Waals surface area (Å²) in [7, 11) is 0. The highest BCUT2D eigenvalue weighted by molar-refractivity contribution is 6.00. The summed E-state index contributed by atoms with van der Waals surface area (Å²) in [5.41, 5.74) is 1.21. The molecule has 1 aliphatic rings. The van der Waals surface area contributed by atoms with Gasteiger partial charge in [-0.1, -0.05) is 49.2 Å². The van der Waals surface area contributed by atoms with E-state index in [0.717, 1.165) is 42.0 Å². The van der Waals surface area contributed by atoms with Crippen molar-refractivity contribution in [1.29, 1.82) is 0 Å². The molecular weight excluding hydrogens is 444 g/mol. The smallest absolute Gasteiger partial charge is 0.407 e. The molecule has 0 unspecified atom stereocenters. The number of amides is 2. The molecule has 0 saturated heterocycles. The molecule has 0 radical (unpaired) electrons. The Hall–Kier alpha value is -3.81. The lowest BCUT2D eigenvalue weighted by Crippen LogP contribution is -2.54. The van der Waals surface area contributed by atoms with E-state index in [2.05, 4.69) is 15.6 Å². The number of aromatic nitrogens is 2. The molecular formula is C27H30N4O4. The number of nitrogens with one attached hydrogen (secondary N) is 2. The molecule has 8 heteroatoms. The molecule has 0 spiro atoms. The number of hydrogen-bond acceptors (Lipinski definition) is 5. The second kappa shape index (κ2) is 9.09. The van der Waals surface area contributed by atoms with Crippen LogP contribution in [0.4, 0.5) is 4.79 Å². The lowest BCUT2D eigenvalue weighted by Gasteiger charge is -2.33. The average Bonchev–Trinajstić information content (AvgIpc) is 3.40. The van der Waals surface area contributed by atoms with Gasteiger partial charge in [0.05, 0.1) is 6.04 Å². The Morgan fingerprint density at radius 3 is 2.49 bits per heavy atom. The highest BCUT2D eigenvalue weighted by atomic mass is 16.6. The van der Waals surface area contributed by atoms with Crippen molar-refractivity contribution >= 4 is 28.6 Å². The molecule has 2 aromatic carbocycles. The number of carbonyl (C=O) groups excluding carboxylic acids is 2. The van der Waals surface area contributed by atoms with Crippen molar-refractivity contribution in [2.24, 2.45) is 0 Å². The highest BCUT2D eigenvalue weighted by Gasteiger charge is 2.32. The van der Waals surface area contributed by atoms with E-state index < -0.39 is 11.7 Å². The molecule has 2 N–H and O–H groups in total. The summed E-state index contributed by atoms with van der Waals surface area (Å²) >= 11 is 0. The summed E-state index contributed by atoms with van der Waals surface area (Å²) in [6.45, 7) is 5.49. The zero-order chi connectivity index (χ0) is 24.6. The quantitative estimate of drug-likeness (QED) is 0.418. The summed E-state index contributed by atoms with van der Waals surface area (Å²) in [4.78, 5) is 30.7. The molecule has 2 amide bonds. The second-order valence-electron chi connectivity index (χ2n) is 10.0. The molecule has 2 aromatic heterocycles. The van der Waals surface area contributed by atoms with Crippen LogP contribution >= 0.6 is 0 Å². The Balaban J connectivity index is 1.43. The average molecular weight is 475 g/mol. The minimum absolute atomic E-state index is 0.209. The number of rotatable bonds is 4. The van der Waals surface area contributed by atoms with E-state index in [1.165, 1.54) is 6.26 Å². The van der Waals surface area contributed by atoms with Crippen molar-refractivity contribution in [3.05, 3.63) is 60.6 Å². The number of oxazole rings is 1. The number of fused-ring (bicyclic) bond motifs is 2. The van der Waals surface area contributed by atoms with Gasteiger partial charge in [0.2, 0.25) is 0 Å². The van der Waals surface area contributed by atoms with Gasteiger partial charge in [0.25, 0.3) is 5.91 Å². The van der Waals surface area contributed by atoms with Crippen molar-refractivity contribution in [3.63, 3.8) is 0 Å². The van der Waals surface area contributed by atoms with Gasteiger partial charge >= 0.3 is 11.9 Å². The summed E-state index contributed by atoms with van der Waals surface area (Å²) in [5.74, 6) is 0.0929. The van der Waals surface area contributed by atoms with Crippen LogP contribution in [0.3, 0.4) is 0 Å². The first-order chi connectivity index (χ1) is 16.8. The van der Waals surface area contributed by atoms with Crippen LogP contribution in [0.2, 0.25) is 0 Å². The number of nitrogens with zero attached hydrogens (tertiary/aromatic N) is 2. The van der Waals surface area contributed by atoms with Gasteiger partial charge in [-0.25, -0.2) is 4.79 Å². The Bertz CT molecular complexity index is 1380. The Morgan fingerprint density at radius 1 is 1.03 bits per heavy atom. The van der Waals surface area contributed by atoms with Gasteiger partial charge in [0, 0.05) is 17.8 Å². The summed E-state index contributed by atoms with van der Waals surface area (Å²) in [5, 5.41) is 8.29. The van der Waals surface area contributed by atoms with Gasteiger partial charge in [-0.3, -0.25) is 9.20 Å². The minimum Gasteiger partial charge on any atom is -0.444 e. The monoisotopic (exact) mass is 474 g/mol. The summed E-state index contributed by atoms with van der Waals surface area (Å²) in [6, 6.07) is 13.7. The van der Waals surface area contributed by atoms with Crippen molar-refractivity contribution in [2.45, 2.75) is 64.1 Å². The molecule has 2 atom stereocenters. The molecule has 0 bridgehead atoms. The van der Waals surface area contributed by atoms with Crippen molar-refractivity contribution in [2.75, 3.05) is 0 Å². The highest BCUT2D eigenvalue weighted by Crippen LogP contribution is 2.29. The minimum atomic E-state index is -0.587. The van der Waals surface area contributed by atoms with Crippen LogP contribution in [0.25, 0.3) is 27.9 Å². The topological polar surface area (TPSA) is 97.9 Å². The fraction of sp³-hybridized carbons (Fsp3) is 0.370. The van der Waals surface area contributed by atoms with Crippen LogP contribution in [-0.2, 0) is 4.74 Å². The van der Waals surface area contributed by atoms with Crippen LogP contribution < -0.4 is 10.6 Å². The third-order valence-corrected chi connectivity index (χ3v) is 6.28. The van der Waals surface area contributed by atoms with Crippen LogP contribution in [-0.4, -0.2) is 39.1 Å². The normalized spacial score (nSPS) is 18.5. The van der Waals surface area contributed by atoms with Gasteiger partial charge < -0.3 is 19.8 Å². The van der Waals surface area contributed by atoms with E-state index in [4.69, 9.17) is 9.15 Å². The lowest BCUT2D eigenvalue weighted by atomic mass is 9.90. The van der Waals surface area contributed by atoms with Gasteiger partial charge in [0.15, 0.2) is 0 Å². The molecule has 0 aliphatic heterocycles. The van der Waals surface area contributed by atoms with E-state index in [9.17, 15) is 9.59 Å². The molecule has 8 nitrogen and oxygen atoms in total. The Morgan fingerprint density at radius 2 is 1.74 bits per heavy atom. The molecule has 1 fully saturated rings. The standard InChI is InChI=1S/C27H30N4O4/c1-27(2,3)35-26(33)29-21-11-7-6-10-20(21)28-24(32)23-22(30-25-31(23)14-15-34-25)19-13-12-17-8-4-5-9-18(17)16-19/h4-5,8-9,12-16,20-21H,6-7,10-11H2,1-3H3,(H,28,32)(H,29,33)/t20-,21-/m1/s1. The lowest BCUT2D eigenvalue weighted by molar-refractivity contribution is 0.0474. The predicted molar refractivity (Wildman–Crippen MR) is 133 cm³/mol. The number of carbonyl (C=O) groups is 2. The molecule has 2 heterocycles. The maximum absolute atomic E-state index is 13.6. The Kier molecular flexibility index (Phi) is 5.96. The molecule has 1 aliphatic carbocycles. The fourth-order valence-corrected chi connectivity index (χ4v) is 4.71. The molecule has 4 aromatic rings. The third-order valence-electron chi connectivity index (χ3n) is 6.28. The molecule has 1 saturated carbocycles. The number of ether oxygens (including phenoxy) is 1. The zero-order valence-corrected chi connectivity index (χ0v) is 20.2. The predicted octanol–water partition coefficient (Wildman–Crippen LogP) is 5.31. The molecule has 182 valence electrons. The van der Waals surface area contributed by atoms with Gasteiger partial charge in [-0.2, -0.15) is 4.98 Å². The number of benzene rings is 2. The van der Waals surface area contributed by atoms with E-state index in [-0.39, 0.29) is 18.0 Å². The zero-order valence-electron chi connectivity index (χ0n) is 20.2. The summed E-state index contributed by atoms with van der Waals surface area (Å²) in [6.07, 6.45) is 6.23. The van der Waals surface area contributed by atoms with Crippen molar-refractivity contribution in [3.8, 4) is 11.3 Å². The number of hydrogen-bond donors (Lipinski definition) is 2. The Labute approximate surface area is 203 Å². The molecule has 35 heavy (non-hydrogen) atoms. The first-order valence-corrected chi connectivity index (χ1v) is 12.0.